The molecule has 85 valence electrons. The van der Waals surface area contributed by atoms with Crippen LogP contribution in [0.5, 0.6) is 0 Å². The molecule has 0 aliphatic heterocycles. The quantitative estimate of drug-likeness (QED) is 0.425. The van der Waals surface area contributed by atoms with Gasteiger partial charge in [0.2, 0.25) is 0 Å². The Balaban J connectivity index is 3.15. The first-order valence-electron chi connectivity index (χ1n) is 5.15. The van der Waals surface area contributed by atoms with Crippen LogP contribution < -0.4 is 5.73 Å². The average molecular weight is 204 g/mol. The van der Waals surface area contributed by atoms with E-state index in [4.69, 9.17) is 19.9 Å². The highest BCUT2D eigenvalue weighted by molar-refractivity contribution is 4.46. The first-order valence-corrected chi connectivity index (χ1v) is 5.15. The van der Waals surface area contributed by atoms with Crippen molar-refractivity contribution in [3.63, 3.8) is 0 Å². The van der Waals surface area contributed by atoms with Crippen LogP contribution in [0.1, 0.15) is 19.8 Å². The molecule has 1 radical (unpaired) electrons. The second kappa shape index (κ2) is 10.9. The fourth-order valence-electron chi connectivity index (χ4n) is 0.927. The lowest BCUT2D eigenvalue weighted by molar-refractivity contribution is -0.145. The average Bonchev–Trinajstić information content (AvgIpc) is 2.21. The lowest BCUT2D eigenvalue weighted by Gasteiger charge is -2.15. The molecule has 0 amide bonds. The Morgan fingerprint density at radius 3 is 2.57 bits per heavy atom. The Labute approximate surface area is 86.7 Å². The first-order chi connectivity index (χ1) is 6.85. The van der Waals surface area contributed by atoms with Crippen molar-refractivity contribution in [3.05, 3.63) is 6.92 Å². The topological polar surface area (TPSA) is 53.7 Å². The van der Waals surface area contributed by atoms with Gasteiger partial charge in [-0.1, -0.05) is 0 Å². The summed E-state index contributed by atoms with van der Waals surface area (Å²) in [4.78, 5) is 0. The molecule has 4 nitrogen and oxygen atoms in total. The van der Waals surface area contributed by atoms with Crippen molar-refractivity contribution in [1.82, 2.24) is 0 Å². The van der Waals surface area contributed by atoms with Crippen LogP contribution >= 0.6 is 0 Å². The summed E-state index contributed by atoms with van der Waals surface area (Å²) in [6, 6.07) is 0. The van der Waals surface area contributed by atoms with Gasteiger partial charge < -0.3 is 19.9 Å². The van der Waals surface area contributed by atoms with Gasteiger partial charge in [-0.15, -0.1) is 0 Å². The third-order valence-electron chi connectivity index (χ3n) is 1.61. The summed E-state index contributed by atoms with van der Waals surface area (Å²) in [5.41, 5.74) is 5.31. The summed E-state index contributed by atoms with van der Waals surface area (Å²) >= 11 is 0. The van der Waals surface area contributed by atoms with Crippen molar-refractivity contribution in [2.45, 2.75) is 26.1 Å². The van der Waals surface area contributed by atoms with Gasteiger partial charge >= 0.3 is 0 Å². The third kappa shape index (κ3) is 8.44. The van der Waals surface area contributed by atoms with Crippen LogP contribution in [-0.2, 0) is 14.2 Å². The van der Waals surface area contributed by atoms with Crippen molar-refractivity contribution < 1.29 is 14.2 Å². The zero-order valence-corrected chi connectivity index (χ0v) is 9.04. The molecule has 0 saturated carbocycles. The van der Waals surface area contributed by atoms with Gasteiger partial charge in [0.05, 0.1) is 13.2 Å². The maximum absolute atomic E-state index is 5.37. The van der Waals surface area contributed by atoms with Crippen LogP contribution in [0.2, 0.25) is 0 Å². The maximum atomic E-state index is 5.37. The Bertz CT molecular complexity index is 112. The van der Waals surface area contributed by atoms with Crippen LogP contribution in [-0.4, -0.2) is 39.3 Å². The van der Waals surface area contributed by atoms with E-state index in [1.165, 1.54) is 0 Å². The van der Waals surface area contributed by atoms with E-state index in [1.807, 2.05) is 6.92 Å². The Hall–Kier alpha value is -0.160. The second-order valence-electron chi connectivity index (χ2n) is 2.80. The van der Waals surface area contributed by atoms with Gasteiger partial charge in [0.25, 0.3) is 0 Å². The van der Waals surface area contributed by atoms with E-state index in [0.29, 0.717) is 39.4 Å². The van der Waals surface area contributed by atoms with Crippen molar-refractivity contribution in [3.8, 4) is 0 Å². The molecule has 4 heteroatoms. The van der Waals surface area contributed by atoms with Crippen LogP contribution in [0.15, 0.2) is 0 Å². The highest BCUT2D eigenvalue weighted by Gasteiger charge is 2.04. The first kappa shape index (κ1) is 13.8. The molecule has 0 bridgehead atoms. The fourth-order valence-corrected chi connectivity index (χ4v) is 0.927. The Kier molecular flexibility index (Phi) is 10.8. The molecule has 0 aromatic carbocycles. The van der Waals surface area contributed by atoms with Crippen molar-refractivity contribution in [1.29, 1.82) is 0 Å². The molecular weight excluding hydrogens is 182 g/mol. The summed E-state index contributed by atoms with van der Waals surface area (Å²) < 4.78 is 15.9. The van der Waals surface area contributed by atoms with E-state index in [1.54, 1.807) is 0 Å². The number of hydrogen-bond acceptors (Lipinski definition) is 4. The molecule has 0 spiro atoms. The maximum Gasteiger partial charge on any atom is 0.157 e. The van der Waals surface area contributed by atoms with Crippen LogP contribution in [0.25, 0.3) is 0 Å². The minimum Gasteiger partial charge on any atom is -0.379 e. The van der Waals surface area contributed by atoms with Gasteiger partial charge in [-0.25, -0.2) is 0 Å². The van der Waals surface area contributed by atoms with Crippen molar-refractivity contribution in [2.75, 3.05) is 33.0 Å². The fraction of sp³-hybridized carbons (Fsp3) is 0.900. The zero-order chi connectivity index (χ0) is 10.6. The molecule has 0 fully saturated rings. The van der Waals surface area contributed by atoms with E-state index in [0.717, 1.165) is 6.42 Å². The van der Waals surface area contributed by atoms with Crippen LogP contribution in [0.3, 0.4) is 0 Å². The summed E-state index contributed by atoms with van der Waals surface area (Å²) in [6.07, 6.45) is 1.32. The van der Waals surface area contributed by atoms with Crippen molar-refractivity contribution in [2.24, 2.45) is 5.73 Å². The minimum absolute atomic E-state index is 0.196. The standard InChI is InChI=1S/C10H22NO3/c1-3-10(13-4-2)14-9-8-12-7-5-6-11/h10H,1,3-9,11H2,2H3. The number of ether oxygens (including phenoxy) is 3. The molecule has 0 heterocycles. The summed E-state index contributed by atoms with van der Waals surface area (Å²) in [5, 5.41) is 0. The van der Waals surface area contributed by atoms with Gasteiger partial charge in [-0.2, -0.15) is 0 Å². The van der Waals surface area contributed by atoms with Gasteiger partial charge in [0, 0.05) is 13.2 Å². The molecular formula is C10H22NO3. The number of nitrogens with two attached hydrogens (primary N) is 1. The van der Waals surface area contributed by atoms with E-state index in [9.17, 15) is 0 Å². The molecule has 1 atom stereocenters. The highest BCUT2D eigenvalue weighted by Crippen LogP contribution is 1.99. The third-order valence-corrected chi connectivity index (χ3v) is 1.61. The van der Waals surface area contributed by atoms with E-state index < -0.39 is 0 Å². The SMILES string of the molecule is [CH2]CC(OCC)OCCOCCCN. The highest BCUT2D eigenvalue weighted by atomic mass is 16.7. The van der Waals surface area contributed by atoms with E-state index in [-0.39, 0.29) is 6.29 Å². The van der Waals surface area contributed by atoms with Gasteiger partial charge in [-0.3, -0.25) is 0 Å². The molecule has 0 aromatic heterocycles. The van der Waals surface area contributed by atoms with E-state index >= 15 is 0 Å². The molecule has 0 aliphatic carbocycles. The smallest absolute Gasteiger partial charge is 0.157 e. The van der Waals surface area contributed by atoms with Gasteiger partial charge in [-0.05, 0) is 33.2 Å². The van der Waals surface area contributed by atoms with E-state index in [2.05, 4.69) is 6.92 Å². The second-order valence-corrected chi connectivity index (χ2v) is 2.80. The van der Waals surface area contributed by atoms with Crippen molar-refractivity contribution >= 4 is 0 Å². The lowest BCUT2D eigenvalue weighted by Crippen LogP contribution is -2.19. The molecule has 0 aromatic rings. The number of hydrogen-bond donors (Lipinski definition) is 1. The van der Waals surface area contributed by atoms with Gasteiger partial charge in [0.1, 0.15) is 0 Å². The van der Waals surface area contributed by atoms with Crippen LogP contribution in [0, 0.1) is 6.92 Å². The molecule has 1 unspecified atom stereocenters. The lowest BCUT2D eigenvalue weighted by atomic mass is 10.4. The predicted octanol–water partition coefficient (Wildman–Crippen LogP) is 0.955. The molecule has 0 aliphatic rings. The largest absolute Gasteiger partial charge is 0.379 e. The minimum atomic E-state index is -0.196. The summed E-state index contributed by atoms with van der Waals surface area (Å²) in [7, 11) is 0. The number of rotatable bonds is 10. The summed E-state index contributed by atoms with van der Waals surface area (Å²) in [6.45, 7) is 8.81. The molecule has 14 heavy (non-hydrogen) atoms. The Morgan fingerprint density at radius 1 is 1.21 bits per heavy atom. The molecule has 2 N–H and O–H groups in total. The Morgan fingerprint density at radius 2 is 2.00 bits per heavy atom. The normalized spacial score (nSPS) is 13.1. The predicted molar refractivity (Wildman–Crippen MR) is 55.8 cm³/mol. The molecule has 0 saturated heterocycles. The molecule has 0 rings (SSSR count). The summed E-state index contributed by atoms with van der Waals surface area (Å²) in [5.74, 6) is 0. The van der Waals surface area contributed by atoms with Gasteiger partial charge in [0.15, 0.2) is 6.29 Å². The van der Waals surface area contributed by atoms with Crippen LogP contribution in [0.4, 0.5) is 0 Å². The monoisotopic (exact) mass is 204 g/mol. The zero-order valence-electron chi connectivity index (χ0n) is 9.04.